The minimum atomic E-state index is 0.439. The van der Waals surface area contributed by atoms with Gasteiger partial charge in [0.1, 0.15) is 12.7 Å². The first-order chi connectivity index (χ1) is 9.79. The Kier molecular flexibility index (Phi) is 2.69. The van der Waals surface area contributed by atoms with Crippen LogP contribution in [-0.4, -0.2) is 41.9 Å². The number of nitrogens with zero attached hydrogens (tertiary/aromatic N) is 7. The SMILES string of the molecule is Cc1cn2nc(N3CCC[C@H]3Cn3cncn3)sc2n1. The third-order valence-electron chi connectivity index (χ3n) is 3.64. The van der Waals surface area contributed by atoms with E-state index in [0.717, 1.165) is 28.9 Å². The van der Waals surface area contributed by atoms with Crippen molar-refractivity contribution in [2.45, 2.75) is 32.4 Å². The third-order valence-corrected chi connectivity index (χ3v) is 4.60. The molecule has 0 bridgehead atoms. The molecule has 8 heteroatoms. The number of rotatable bonds is 3. The molecule has 1 aliphatic rings. The number of anilines is 1. The molecule has 0 spiro atoms. The van der Waals surface area contributed by atoms with Crippen LogP contribution in [0.15, 0.2) is 18.9 Å². The Morgan fingerprint density at radius 1 is 1.45 bits per heavy atom. The fraction of sp³-hybridized carbons (Fsp3) is 0.500. The average molecular weight is 289 g/mol. The van der Waals surface area contributed by atoms with Crippen LogP contribution in [0.25, 0.3) is 4.96 Å². The third kappa shape index (κ3) is 1.96. The van der Waals surface area contributed by atoms with Crippen molar-refractivity contribution in [2.75, 3.05) is 11.4 Å². The van der Waals surface area contributed by atoms with Crippen molar-refractivity contribution in [3.05, 3.63) is 24.5 Å². The fourth-order valence-electron chi connectivity index (χ4n) is 2.73. The number of hydrogen-bond donors (Lipinski definition) is 0. The van der Waals surface area contributed by atoms with Crippen molar-refractivity contribution in [3.8, 4) is 0 Å². The van der Waals surface area contributed by atoms with Gasteiger partial charge in [-0.3, -0.25) is 4.68 Å². The largest absolute Gasteiger partial charge is 0.342 e. The van der Waals surface area contributed by atoms with E-state index in [-0.39, 0.29) is 0 Å². The van der Waals surface area contributed by atoms with Gasteiger partial charge in [0.15, 0.2) is 0 Å². The molecular weight excluding hydrogens is 274 g/mol. The van der Waals surface area contributed by atoms with Crippen LogP contribution in [0.5, 0.6) is 0 Å². The molecule has 0 aromatic carbocycles. The van der Waals surface area contributed by atoms with Crippen LogP contribution in [0.1, 0.15) is 18.5 Å². The van der Waals surface area contributed by atoms with Gasteiger partial charge < -0.3 is 4.90 Å². The Balaban J connectivity index is 1.60. The van der Waals surface area contributed by atoms with Crippen molar-refractivity contribution in [2.24, 2.45) is 0 Å². The number of imidazole rings is 1. The predicted octanol–water partition coefficient (Wildman–Crippen LogP) is 1.36. The summed E-state index contributed by atoms with van der Waals surface area (Å²) < 4.78 is 3.77. The lowest BCUT2D eigenvalue weighted by atomic mass is 10.2. The van der Waals surface area contributed by atoms with Crippen molar-refractivity contribution in [1.29, 1.82) is 0 Å². The molecule has 0 unspecified atom stereocenters. The summed E-state index contributed by atoms with van der Waals surface area (Å²) in [6.45, 7) is 3.90. The van der Waals surface area contributed by atoms with E-state index in [1.54, 1.807) is 24.0 Å². The molecule has 0 aliphatic carbocycles. The highest BCUT2D eigenvalue weighted by atomic mass is 32.1. The summed E-state index contributed by atoms with van der Waals surface area (Å²) in [7, 11) is 0. The number of hydrogen-bond acceptors (Lipinski definition) is 6. The van der Waals surface area contributed by atoms with Gasteiger partial charge in [0.25, 0.3) is 0 Å². The molecule has 1 saturated heterocycles. The molecular formula is C12H15N7S. The van der Waals surface area contributed by atoms with Crippen LogP contribution in [0, 0.1) is 6.92 Å². The zero-order chi connectivity index (χ0) is 13.5. The van der Waals surface area contributed by atoms with Gasteiger partial charge in [-0.2, -0.15) is 5.10 Å². The van der Waals surface area contributed by atoms with Crippen LogP contribution in [0.4, 0.5) is 5.13 Å². The smallest absolute Gasteiger partial charge is 0.214 e. The van der Waals surface area contributed by atoms with Crippen LogP contribution in [-0.2, 0) is 6.54 Å². The zero-order valence-electron chi connectivity index (χ0n) is 11.2. The molecule has 0 radical (unpaired) electrons. The Morgan fingerprint density at radius 3 is 3.20 bits per heavy atom. The van der Waals surface area contributed by atoms with Crippen LogP contribution in [0.2, 0.25) is 0 Å². The lowest BCUT2D eigenvalue weighted by Gasteiger charge is -2.23. The van der Waals surface area contributed by atoms with Crippen molar-refractivity contribution >= 4 is 21.4 Å². The first-order valence-electron chi connectivity index (χ1n) is 6.71. The molecule has 0 amide bonds. The molecule has 20 heavy (non-hydrogen) atoms. The predicted molar refractivity (Wildman–Crippen MR) is 76.0 cm³/mol. The quantitative estimate of drug-likeness (QED) is 0.728. The molecule has 0 saturated carbocycles. The van der Waals surface area contributed by atoms with E-state index in [4.69, 9.17) is 0 Å². The maximum Gasteiger partial charge on any atom is 0.214 e. The molecule has 7 nitrogen and oxygen atoms in total. The van der Waals surface area contributed by atoms with Crippen molar-refractivity contribution < 1.29 is 0 Å². The summed E-state index contributed by atoms with van der Waals surface area (Å²) in [5, 5.41) is 9.90. The van der Waals surface area contributed by atoms with E-state index in [1.807, 2.05) is 22.3 Å². The summed E-state index contributed by atoms with van der Waals surface area (Å²) in [6, 6.07) is 0.439. The second-order valence-corrected chi connectivity index (χ2v) is 6.04. The van der Waals surface area contributed by atoms with Crippen LogP contribution < -0.4 is 4.90 Å². The topological polar surface area (TPSA) is 64.1 Å². The molecule has 104 valence electrons. The van der Waals surface area contributed by atoms with Crippen molar-refractivity contribution in [1.82, 2.24) is 29.4 Å². The van der Waals surface area contributed by atoms with E-state index in [0.29, 0.717) is 6.04 Å². The molecule has 1 fully saturated rings. The number of aromatic nitrogens is 6. The highest BCUT2D eigenvalue weighted by Crippen LogP contribution is 2.30. The molecule has 1 aliphatic heterocycles. The first kappa shape index (κ1) is 11.8. The molecule has 3 aromatic rings. The van der Waals surface area contributed by atoms with E-state index in [2.05, 4.69) is 25.1 Å². The number of aryl methyl sites for hydroxylation is 1. The highest BCUT2D eigenvalue weighted by Gasteiger charge is 2.28. The van der Waals surface area contributed by atoms with Gasteiger partial charge in [-0.05, 0) is 19.8 Å². The van der Waals surface area contributed by atoms with Gasteiger partial charge in [-0.15, -0.1) is 5.10 Å². The summed E-state index contributed by atoms with van der Waals surface area (Å²) in [6.07, 6.45) is 7.69. The molecule has 4 heterocycles. The zero-order valence-corrected chi connectivity index (χ0v) is 12.0. The van der Waals surface area contributed by atoms with Crippen LogP contribution in [0.3, 0.4) is 0 Å². The van der Waals surface area contributed by atoms with E-state index in [9.17, 15) is 0 Å². The Hall–Kier alpha value is -1.96. The number of fused-ring (bicyclic) bond motifs is 1. The van der Waals surface area contributed by atoms with Crippen molar-refractivity contribution in [3.63, 3.8) is 0 Å². The van der Waals surface area contributed by atoms with Gasteiger partial charge in [0.2, 0.25) is 10.1 Å². The van der Waals surface area contributed by atoms with Gasteiger partial charge in [0, 0.05) is 6.54 Å². The van der Waals surface area contributed by atoms with Gasteiger partial charge in [-0.25, -0.2) is 14.5 Å². The second kappa shape index (κ2) is 4.55. The Labute approximate surface area is 119 Å². The maximum atomic E-state index is 4.65. The van der Waals surface area contributed by atoms with E-state index < -0.39 is 0 Å². The Morgan fingerprint density at radius 2 is 2.40 bits per heavy atom. The fourth-order valence-corrected chi connectivity index (χ4v) is 3.76. The molecule has 0 N–H and O–H groups in total. The van der Waals surface area contributed by atoms with Gasteiger partial charge in [-0.1, -0.05) is 11.3 Å². The Bertz CT molecular complexity index is 682. The standard InChI is InChI=1S/C12H15N7S/c1-9-5-19-11(15-9)20-12(16-19)18-4-2-3-10(18)6-17-8-13-7-14-17/h5,7-8,10H,2-4,6H2,1H3/t10-/m0/s1. The molecule has 4 rings (SSSR count). The van der Waals surface area contributed by atoms with E-state index in [1.165, 1.54) is 12.8 Å². The van der Waals surface area contributed by atoms with Crippen LogP contribution >= 0.6 is 11.3 Å². The summed E-state index contributed by atoms with van der Waals surface area (Å²) in [5.41, 5.74) is 1.01. The summed E-state index contributed by atoms with van der Waals surface area (Å²) in [5.74, 6) is 0. The maximum absolute atomic E-state index is 4.65. The van der Waals surface area contributed by atoms with Gasteiger partial charge >= 0.3 is 0 Å². The van der Waals surface area contributed by atoms with E-state index >= 15 is 0 Å². The molecule has 3 aromatic heterocycles. The minimum Gasteiger partial charge on any atom is -0.342 e. The molecule has 1 atom stereocenters. The summed E-state index contributed by atoms with van der Waals surface area (Å²) >= 11 is 1.65. The monoisotopic (exact) mass is 289 g/mol. The van der Waals surface area contributed by atoms with Gasteiger partial charge in [0.05, 0.1) is 24.5 Å². The lowest BCUT2D eigenvalue weighted by molar-refractivity contribution is 0.507. The minimum absolute atomic E-state index is 0.439. The highest BCUT2D eigenvalue weighted by molar-refractivity contribution is 7.20. The average Bonchev–Trinajstić information content (AvgIpc) is 3.12. The normalized spacial score (nSPS) is 19.2. The summed E-state index contributed by atoms with van der Waals surface area (Å²) in [4.78, 5) is 11.8. The first-order valence-corrected chi connectivity index (χ1v) is 7.53. The lowest BCUT2D eigenvalue weighted by Crippen LogP contribution is -2.33. The second-order valence-electron chi connectivity index (χ2n) is 5.10.